The lowest BCUT2D eigenvalue weighted by molar-refractivity contribution is 0.604. The van der Waals surface area contributed by atoms with Gasteiger partial charge in [0.1, 0.15) is 24.4 Å². The summed E-state index contributed by atoms with van der Waals surface area (Å²) in [5.74, 6) is 1.23. The fourth-order valence-corrected chi connectivity index (χ4v) is 5.49. The summed E-state index contributed by atoms with van der Waals surface area (Å²) < 4.78 is 8.87. The van der Waals surface area contributed by atoms with Crippen LogP contribution in [0.1, 0.15) is 73.1 Å². The number of thiocarbonyl (C=S) groups is 1. The number of nitrogens with zero attached hydrogens (tertiary/aromatic N) is 2. The first-order chi connectivity index (χ1) is 21.4. The topological polar surface area (TPSA) is 95.3 Å². The smallest absolute Gasteiger partial charge is 0.203 e. The molecule has 0 aromatic heterocycles. The van der Waals surface area contributed by atoms with Gasteiger partial charge in [0.25, 0.3) is 0 Å². The Morgan fingerprint density at radius 3 is 2.09 bits per heavy atom. The second-order valence-electron chi connectivity index (χ2n) is 10.5. The van der Waals surface area contributed by atoms with Crippen LogP contribution in [0.2, 0.25) is 0 Å². The molecule has 6 nitrogen and oxygen atoms in total. The summed E-state index contributed by atoms with van der Waals surface area (Å²) in [4.78, 5) is 3.52. The lowest BCUT2D eigenvalue weighted by atomic mass is 9.93. The Bertz CT molecular complexity index is 1490. The fourth-order valence-electron chi connectivity index (χ4n) is 5.35. The third kappa shape index (κ3) is 10.3. The lowest BCUT2D eigenvalue weighted by Crippen LogP contribution is -2.29. The molecule has 0 saturated heterocycles. The monoisotopic (exact) mass is 616 g/mol. The normalized spacial score (nSPS) is 10.4. The van der Waals surface area contributed by atoms with Crippen molar-refractivity contribution in [3.63, 3.8) is 0 Å². The average molecular weight is 617 g/mol. The molecule has 1 heterocycles. The predicted octanol–water partition coefficient (Wildman–Crippen LogP) is 8.09. The minimum Gasteiger partial charge on any atom is -0.456 e. The highest BCUT2D eigenvalue weighted by molar-refractivity contribution is 7.80. The molecule has 2 aliphatic rings. The molecule has 0 spiro atoms. The molecule has 2 aromatic rings. The molecule has 238 valence electrons. The van der Waals surface area contributed by atoms with E-state index in [1.165, 1.54) is 29.2 Å². The van der Waals surface area contributed by atoms with Crippen LogP contribution in [-0.4, -0.2) is 43.9 Å². The van der Waals surface area contributed by atoms with Gasteiger partial charge < -0.3 is 20.8 Å². The van der Waals surface area contributed by atoms with E-state index >= 15 is 0 Å². The number of rotatable bonds is 13. The molecular weight excluding hydrogens is 563 g/mol. The molecule has 5 N–H and O–H groups in total. The van der Waals surface area contributed by atoms with Crippen LogP contribution in [0, 0.1) is 5.41 Å². The molecule has 2 aromatic carbocycles. The van der Waals surface area contributed by atoms with Crippen molar-refractivity contribution in [1.82, 2.24) is 4.58 Å². The molecule has 0 radical (unpaired) electrons. The Morgan fingerprint density at radius 1 is 0.841 bits per heavy atom. The summed E-state index contributed by atoms with van der Waals surface area (Å²) in [5.41, 5.74) is 15.5. The van der Waals surface area contributed by atoms with Crippen molar-refractivity contribution in [3.05, 3.63) is 72.1 Å². The number of fused-ring (bicyclic) bond motifs is 2. The molecule has 0 saturated carbocycles. The summed E-state index contributed by atoms with van der Waals surface area (Å²) >= 11 is 5.09. The number of nitrogens with two attached hydrogens (primary N) is 2. The van der Waals surface area contributed by atoms with Gasteiger partial charge in [-0.25, -0.2) is 4.58 Å². The van der Waals surface area contributed by atoms with Gasteiger partial charge in [-0.1, -0.05) is 55.9 Å². The Balaban J connectivity index is 0.000000409. The summed E-state index contributed by atoms with van der Waals surface area (Å²) in [6, 6.07) is 23.9. The van der Waals surface area contributed by atoms with Gasteiger partial charge in [-0.05, 0) is 89.1 Å². The third-order valence-electron chi connectivity index (χ3n) is 7.80. The molecule has 0 atom stereocenters. The molecule has 1 aliphatic heterocycles. The van der Waals surface area contributed by atoms with E-state index in [1.807, 2.05) is 0 Å². The highest BCUT2D eigenvalue weighted by atomic mass is 32.1. The van der Waals surface area contributed by atoms with E-state index in [9.17, 15) is 0 Å². The van der Waals surface area contributed by atoms with Crippen molar-refractivity contribution in [2.45, 2.75) is 73.1 Å². The van der Waals surface area contributed by atoms with Crippen LogP contribution in [0.3, 0.4) is 0 Å². The van der Waals surface area contributed by atoms with Gasteiger partial charge >= 0.3 is 0 Å². The van der Waals surface area contributed by atoms with E-state index < -0.39 is 0 Å². The molecule has 0 unspecified atom stereocenters. The maximum absolute atomic E-state index is 7.00. The van der Waals surface area contributed by atoms with Crippen LogP contribution in [0.25, 0.3) is 33.4 Å². The number of hydrogen-bond donors (Lipinski definition) is 3. The SMILES string of the molecule is CCC(=S)CCCCCC(=N)N.CCN(CC)c1ccc2c(-c3ccccc3)c3ccc(=[N+](CC)CC)cc-3oc2c1.CN. The summed E-state index contributed by atoms with van der Waals surface area (Å²) in [6.07, 6.45) is 6.13. The van der Waals surface area contributed by atoms with Crippen molar-refractivity contribution in [3.8, 4) is 22.5 Å². The van der Waals surface area contributed by atoms with Gasteiger partial charge in [-0.2, -0.15) is 0 Å². The van der Waals surface area contributed by atoms with E-state index in [0.717, 1.165) is 91.9 Å². The van der Waals surface area contributed by atoms with Crippen molar-refractivity contribution in [1.29, 1.82) is 5.41 Å². The highest BCUT2D eigenvalue weighted by Gasteiger charge is 2.19. The Hall–Kier alpha value is -3.55. The first kappa shape index (κ1) is 36.6. The second-order valence-corrected chi connectivity index (χ2v) is 11.1. The van der Waals surface area contributed by atoms with Gasteiger partial charge in [-0.3, -0.25) is 5.41 Å². The minimum absolute atomic E-state index is 0.299. The van der Waals surface area contributed by atoms with E-state index in [1.54, 1.807) is 0 Å². The van der Waals surface area contributed by atoms with Gasteiger partial charge in [0.2, 0.25) is 5.36 Å². The van der Waals surface area contributed by atoms with Crippen molar-refractivity contribution in [2.75, 3.05) is 38.1 Å². The van der Waals surface area contributed by atoms with Crippen molar-refractivity contribution < 1.29 is 4.42 Å². The zero-order chi connectivity index (χ0) is 32.5. The van der Waals surface area contributed by atoms with Crippen molar-refractivity contribution in [2.24, 2.45) is 11.5 Å². The number of anilines is 1. The van der Waals surface area contributed by atoms with Gasteiger partial charge in [0, 0.05) is 53.8 Å². The van der Waals surface area contributed by atoms with Crippen LogP contribution in [0.4, 0.5) is 5.69 Å². The summed E-state index contributed by atoms with van der Waals surface area (Å²) in [5, 5.41) is 9.36. The molecule has 7 heteroatoms. The van der Waals surface area contributed by atoms with Crippen LogP contribution < -0.4 is 26.3 Å². The number of benzene rings is 3. The molecule has 0 amide bonds. The fraction of sp³-hybridized carbons (Fsp3) is 0.432. The lowest BCUT2D eigenvalue weighted by Gasteiger charge is -2.22. The van der Waals surface area contributed by atoms with Crippen LogP contribution >= 0.6 is 12.2 Å². The minimum atomic E-state index is 0.299. The quantitative estimate of drug-likeness (QED) is 0.0352. The second kappa shape index (κ2) is 19.7. The molecule has 44 heavy (non-hydrogen) atoms. The molecule has 0 bridgehead atoms. The largest absolute Gasteiger partial charge is 0.456 e. The summed E-state index contributed by atoms with van der Waals surface area (Å²) in [7, 11) is 1.50. The Labute approximate surface area is 270 Å². The van der Waals surface area contributed by atoms with Gasteiger partial charge in [0.05, 0.1) is 11.9 Å². The maximum Gasteiger partial charge on any atom is 0.203 e. The first-order valence-corrected chi connectivity index (χ1v) is 16.6. The van der Waals surface area contributed by atoms with Crippen LogP contribution in [-0.2, 0) is 0 Å². The molecule has 1 aliphatic carbocycles. The van der Waals surface area contributed by atoms with Gasteiger partial charge in [0.15, 0.2) is 0 Å². The van der Waals surface area contributed by atoms with E-state index in [-0.39, 0.29) is 0 Å². The van der Waals surface area contributed by atoms with E-state index in [2.05, 4.69) is 117 Å². The summed E-state index contributed by atoms with van der Waals surface area (Å²) in [6.45, 7) is 14.8. The van der Waals surface area contributed by atoms with E-state index in [0.29, 0.717) is 5.84 Å². The Morgan fingerprint density at radius 2 is 1.50 bits per heavy atom. The van der Waals surface area contributed by atoms with Crippen LogP contribution in [0.5, 0.6) is 0 Å². The predicted molar refractivity (Wildman–Crippen MR) is 196 cm³/mol. The van der Waals surface area contributed by atoms with Crippen LogP contribution in [0.15, 0.2) is 71.1 Å². The molecule has 4 rings (SSSR count). The first-order valence-electron chi connectivity index (χ1n) is 16.2. The molecule has 0 fully saturated rings. The average Bonchev–Trinajstić information content (AvgIpc) is 3.06. The number of unbranched alkanes of at least 4 members (excludes halogenated alkanes) is 2. The number of amidine groups is 1. The highest BCUT2D eigenvalue weighted by Crippen LogP contribution is 2.40. The molecular formula is C37H54N5OS+. The third-order valence-corrected chi connectivity index (χ3v) is 8.30. The number of hydrogen-bond acceptors (Lipinski definition) is 5. The number of nitrogens with one attached hydrogen (secondary N) is 1. The zero-order valence-corrected chi connectivity index (χ0v) is 28.6. The Kier molecular flexibility index (Phi) is 16.4. The van der Waals surface area contributed by atoms with E-state index in [4.69, 9.17) is 27.8 Å². The maximum atomic E-state index is 7.00. The zero-order valence-electron chi connectivity index (χ0n) is 27.8. The standard InChI is InChI=1S/C27H31N2O.C9H18N2S.CH5N/c1-5-28(6-2)21-14-16-23-25(18-21)30-26-19-22(29(7-3)8-4)15-17-24(26)27(23)20-12-10-9-11-13-20;1-2-8(12)6-4-3-5-7-9(10)11;1-2/h9-19H,5-8H2,1-4H3;2-7H2,1H3,(H3,10,11);2H2,1H3/q+1;;. The van der Waals surface area contributed by atoms with Crippen molar-refractivity contribution >= 4 is 39.6 Å². The van der Waals surface area contributed by atoms with Gasteiger partial charge in [-0.15, -0.1) is 0 Å².